The van der Waals surface area contributed by atoms with Crippen LogP contribution in [0.5, 0.6) is 0 Å². The molecule has 0 aliphatic rings. The minimum Gasteiger partial charge on any atom is -0.398 e. The second kappa shape index (κ2) is 6.29. The van der Waals surface area contributed by atoms with Gasteiger partial charge in [-0.3, -0.25) is 4.79 Å². The second-order valence-corrected chi connectivity index (χ2v) is 6.77. The number of nitrogens with one attached hydrogen (secondary N) is 1. The minimum atomic E-state index is 0.0117. The first kappa shape index (κ1) is 15.8. The van der Waals surface area contributed by atoms with Crippen LogP contribution in [0.4, 0.5) is 11.4 Å². The molecule has 1 unspecified atom stereocenters. The molecule has 0 saturated carbocycles. The van der Waals surface area contributed by atoms with Gasteiger partial charge in [-0.25, -0.2) is 0 Å². The maximum absolute atomic E-state index is 11.9. The number of carbonyl (C=O) groups is 1. The predicted molar refractivity (Wildman–Crippen MR) is 82.3 cm³/mol. The van der Waals surface area contributed by atoms with E-state index in [0.717, 1.165) is 6.42 Å². The standard InChI is InChI=1S/C15H23ClN2O/c1-10(9-15(2,3)4)7-14(19)18-11-5-6-13(17)12(16)8-11/h5-6,8,10H,7,9,17H2,1-4H3,(H,18,19). The van der Waals surface area contributed by atoms with E-state index in [0.29, 0.717) is 28.7 Å². The topological polar surface area (TPSA) is 55.1 Å². The van der Waals surface area contributed by atoms with Crippen molar-refractivity contribution in [2.75, 3.05) is 11.1 Å². The number of nitrogens with two attached hydrogens (primary N) is 1. The number of hydrogen-bond acceptors (Lipinski definition) is 2. The van der Waals surface area contributed by atoms with E-state index in [9.17, 15) is 4.79 Å². The van der Waals surface area contributed by atoms with Crippen molar-refractivity contribution in [3.63, 3.8) is 0 Å². The number of halogens is 1. The van der Waals surface area contributed by atoms with Crippen LogP contribution < -0.4 is 11.1 Å². The summed E-state index contributed by atoms with van der Waals surface area (Å²) >= 11 is 5.91. The second-order valence-electron chi connectivity index (χ2n) is 6.36. The Hall–Kier alpha value is -1.22. The highest BCUT2D eigenvalue weighted by Crippen LogP contribution is 2.27. The highest BCUT2D eigenvalue weighted by atomic mass is 35.5. The Balaban J connectivity index is 2.53. The SMILES string of the molecule is CC(CC(=O)Nc1ccc(N)c(Cl)c1)CC(C)(C)C. The Morgan fingerprint density at radius 2 is 2.05 bits per heavy atom. The number of nitrogen functional groups attached to an aromatic ring is 1. The molecule has 3 nitrogen and oxygen atoms in total. The molecule has 1 rings (SSSR count). The zero-order valence-electron chi connectivity index (χ0n) is 12.1. The summed E-state index contributed by atoms with van der Waals surface area (Å²) in [4.78, 5) is 11.9. The number of amides is 1. The van der Waals surface area contributed by atoms with Gasteiger partial charge in [0.05, 0.1) is 10.7 Å². The number of anilines is 2. The zero-order chi connectivity index (χ0) is 14.6. The lowest BCUT2D eigenvalue weighted by Crippen LogP contribution is -2.18. The van der Waals surface area contributed by atoms with Gasteiger partial charge in [-0.1, -0.05) is 39.3 Å². The molecule has 0 aliphatic carbocycles. The molecule has 0 spiro atoms. The van der Waals surface area contributed by atoms with Crippen LogP contribution in [0.15, 0.2) is 18.2 Å². The van der Waals surface area contributed by atoms with Crippen LogP contribution in [0.25, 0.3) is 0 Å². The molecular formula is C15H23ClN2O. The van der Waals surface area contributed by atoms with Crippen LogP contribution in [-0.2, 0) is 4.79 Å². The molecule has 0 radical (unpaired) electrons. The van der Waals surface area contributed by atoms with Crippen LogP contribution in [0.3, 0.4) is 0 Å². The van der Waals surface area contributed by atoms with Gasteiger partial charge in [0.2, 0.25) is 5.91 Å². The van der Waals surface area contributed by atoms with E-state index in [1.165, 1.54) is 0 Å². The number of benzene rings is 1. The summed E-state index contributed by atoms with van der Waals surface area (Å²) in [5.41, 5.74) is 7.07. The molecule has 1 aromatic rings. The first-order valence-corrected chi connectivity index (χ1v) is 6.90. The Bertz CT molecular complexity index is 452. The van der Waals surface area contributed by atoms with Gasteiger partial charge in [0.1, 0.15) is 0 Å². The molecule has 4 heteroatoms. The smallest absolute Gasteiger partial charge is 0.224 e. The fraction of sp³-hybridized carbons (Fsp3) is 0.533. The maximum atomic E-state index is 11.9. The van der Waals surface area contributed by atoms with Gasteiger partial charge in [0.15, 0.2) is 0 Å². The summed E-state index contributed by atoms with van der Waals surface area (Å²) in [7, 11) is 0. The molecule has 1 aromatic carbocycles. The van der Waals surface area contributed by atoms with Crippen molar-refractivity contribution in [3.05, 3.63) is 23.2 Å². The van der Waals surface area contributed by atoms with Gasteiger partial charge in [-0.05, 0) is 36.0 Å². The highest BCUT2D eigenvalue weighted by Gasteiger charge is 2.17. The van der Waals surface area contributed by atoms with Gasteiger partial charge in [0, 0.05) is 12.1 Å². The van der Waals surface area contributed by atoms with Crippen molar-refractivity contribution in [3.8, 4) is 0 Å². The zero-order valence-corrected chi connectivity index (χ0v) is 12.8. The molecule has 0 saturated heterocycles. The number of carbonyl (C=O) groups excluding carboxylic acids is 1. The molecular weight excluding hydrogens is 260 g/mol. The molecule has 0 aromatic heterocycles. The van der Waals surface area contributed by atoms with Crippen LogP contribution in [0.2, 0.25) is 5.02 Å². The summed E-state index contributed by atoms with van der Waals surface area (Å²) in [5.74, 6) is 0.363. The fourth-order valence-electron chi connectivity index (χ4n) is 2.25. The monoisotopic (exact) mass is 282 g/mol. The first-order chi connectivity index (χ1) is 8.67. The molecule has 0 heterocycles. The van der Waals surface area contributed by atoms with Crippen molar-refractivity contribution in [1.82, 2.24) is 0 Å². The van der Waals surface area contributed by atoms with E-state index in [2.05, 4.69) is 33.0 Å². The van der Waals surface area contributed by atoms with Crippen LogP contribution in [0, 0.1) is 11.3 Å². The normalized spacial score (nSPS) is 13.1. The van der Waals surface area contributed by atoms with E-state index in [-0.39, 0.29) is 11.3 Å². The quantitative estimate of drug-likeness (QED) is 0.808. The van der Waals surface area contributed by atoms with Gasteiger partial charge >= 0.3 is 0 Å². The third-order valence-electron chi connectivity index (χ3n) is 2.78. The number of rotatable bonds is 4. The Morgan fingerprint density at radius 1 is 1.42 bits per heavy atom. The van der Waals surface area contributed by atoms with Crippen molar-refractivity contribution < 1.29 is 4.79 Å². The van der Waals surface area contributed by atoms with Crippen LogP contribution in [0.1, 0.15) is 40.5 Å². The lowest BCUT2D eigenvalue weighted by Gasteiger charge is -2.22. The van der Waals surface area contributed by atoms with Crippen molar-refractivity contribution >= 4 is 28.9 Å². The molecule has 106 valence electrons. The third-order valence-corrected chi connectivity index (χ3v) is 3.11. The van der Waals surface area contributed by atoms with Crippen LogP contribution in [-0.4, -0.2) is 5.91 Å². The lowest BCUT2D eigenvalue weighted by atomic mass is 9.84. The maximum Gasteiger partial charge on any atom is 0.224 e. The van der Waals surface area contributed by atoms with Gasteiger partial charge in [-0.15, -0.1) is 0 Å². The molecule has 1 atom stereocenters. The summed E-state index contributed by atoms with van der Waals surface area (Å²) in [6.07, 6.45) is 1.53. The average Bonchev–Trinajstić information content (AvgIpc) is 2.20. The van der Waals surface area contributed by atoms with Crippen LogP contribution >= 0.6 is 11.6 Å². The van der Waals surface area contributed by atoms with Gasteiger partial charge < -0.3 is 11.1 Å². The third kappa shape index (κ3) is 5.97. The summed E-state index contributed by atoms with van der Waals surface area (Å²) < 4.78 is 0. The molecule has 0 bridgehead atoms. The lowest BCUT2D eigenvalue weighted by molar-refractivity contribution is -0.117. The summed E-state index contributed by atoms with van der Waals surface area (Å²) in [6, 6.07) is 5.12. The Morgan fingerprint density at radius 3 is 2.58 bits per heavy atom. The van der Waals surface area contributed by atoms with Crippen molar-refractivity contribution in [2.45, 2.75) is 40.5 Å². The minimum absolute atomic E-state index is 0.0117. The molecule has 19 heavy (non-hydrogen) atoms. The summed E-state index contributed by atoms with van der Waals surface area (Å²) in [6.45, 7) is 8.64. The fourth-order valence-corrected chi connectivity index (χ4v) is 2.43. The van der Waals surface area contributed by atoms with E-state index in [4.69, 9.17) is 17.3 Å². The average molecular weight is 283 g/mol. The number of hydrogen-bond donors (Lipinski definition) is 2. The molecule has 3 N–H and O–H groups in total. The highest BCUT2D eigenvalue weighted by molar-refractivity contribution is 6.33. The van der Waals surface area contributed by atoms with Crippen molar-refractivity contribution in [2.24, 2.45) is 11.3 Å². The Labute approximate surface area is 120 Å². The van der Waals surface area contributed by atoms with E-state index in [1.54, 1.807) is 18.2 Å². The molecule has 1 amide bonds. The molecule has 0 fully saturated rings. The Kier molecular flexibility index (Phi) is 5.24. The first-order valence-electron chi connectivity index (χ1n) is 6.52. The van der Waals surface area contributed by atoms with Crippen molar-refractivity contribution in [1.29, 1.82) is 0 Å². The predicted octanol–water partition coefficient (Wildman–Crippen LogP) is 4.32. The van der Waals surface area contributed by atoms with E-state index in [1.807, 2.05) is 0 Å². The molecule has 0 aliphatic heterocycles. The van der Waals surface area contributed by atoms with E-state index >= 15 is 0 Å². The van der Waals surface area contributed by atoms with Gasteiger partial charge in [-0.2, -0.15) is 0 Å². The largest absolute Gasteiger partial charge is 0.398 e. The van der Waals surface area contributed by atoms with E-state index < -0.39 is 0 Å². The van der Waals surface area contributed by atoms with Gasteiger partial charge in [0.25, 0.3) is 0 Å². The summed E-state index contributed by atoms with van der Waals surface area (Å²) in [5, 5.41) is 3.31.